The van der Waals surface area contributed by atoms with Gasteiger partial charge in [0.15, 0.2) is 16.7 Å². The molecule has 0 atom stereocenters. The highest BCUT2D eigenvalue weighted by Gasteiger charge is 2.25. The molecular weight excluding hydrogens is 400 g/mol. The molecule has 0 radical (unpaired) electrons. The Hall–Kier alpha value is -2.22. The van der Waals surface area contributed by atoms with Crippen molar-refractivity contribution in [2.45, 2.75) is 62.6 Å². The molecule has 8 heteroatoms. The SMILES string of the molecule is O=C(CSc1nnc(Cc2ccc3c(c2)OCO3)n1C1CCCCC1)N1CCCC1. The van der Waals surface area contributed by atoms with Crippen molar-refractivity contribution in [1.82, 2.24) is 19.7 Å². The lowest BCUT2D eigenvalue weighted by atomic mass is 9.95. The lowest BCUT2D eigenvalue weighted by Gasteiger charge is -2.25. The summed E-state index contributed by atoms with van der Waals surface area (Å²) < 4.78 is 13.3. The second-order valence-corrected chi connectivity index (χ2v) is 9.24. The maximum Gasteiger partial charge on any atom is 0.233 e. The first-order valence-electron chi connectivity index (χ1n) is 11.0. The number of nitrogens with zero attached hydrogens (tertiary/aromatic N) is 4. The monoisotopic (exact) mass is 428 g/mol. The number of hydrogen-bond acceptors (Lipinski definition) is 6. The van der Waals surface area contributed by atoms with Crippen molar-refractivity contribution in [2.75, 3.05) is 25.6 Å². The Morgan fingerprint density at radius 2 is 1.83 bits per heavy atom. The molecule has 0 N–H and O–H groups in total. The fraction of sp³-hybridized carbons (Fsp3) is 0.591. The second-order valence-electron chi connectivity index (χ2n) is 8.30. The number of fused-ring (bicyclic) bond motifs is 1. The highest BCUT2D eigenvalue weighted by atomic mass is 32.2. The van der Waals surface area contributed by atoms with Crippen molar-refractivity contribution in [3.8, 4) is 11.5 Å². The van der Waals surface area contributed by atoms with Crippen LogP contribution in [-0.4, -0.2) is 51.2 Å². The van der Waals surface area contributed by atoms with Crippen LogP contribution in [0.4, 0.5) is 0 Å². The van der Waals surface area contributed by atoms with Crippen molar-refractivity contribution in [1.29, 1.82) is 0 Å². The third-order valence-electron chi connectivity index (χ3n) is 6.26. The minimum atomic E-state index is 0.216. The molecule has 3 aliphatic rings. The normalized spacial score (nSPS) is 18.9. The van der Waals surface area contributed by atoms with Gasteiger partial charge in [-0.1, -0.05) is 37.1 Å². The molecule has 0 unspecified atom stereocenters. The van der Waals surface area contributed by atoms with E-state index in [-0.39, 0.29) is 12.7 Å². The molecule has 30 heavy (non-hydrogen) atoms. The van der Waals surface area contributed by atoms with Gasteiger partial charge in [-0.2, -0.15) is 0 Å². The van der Waals surface area contributed by atoms with E-state index in [0.717, 1.165) is 66.8 Å². The van der Waals surface area contributed by atoms with Gasteiger partial charge in [-0.3, -0.25) is 4.79 Å². The minimum Gasteiger partial charge on any atom is -0.454 e. The molecule has 3 heterocycles. The van der Waals surface area contributed by atoms with Crippen LogP contribution in [0.25, 0.3) is 0 Å². The lowest BCUT2D eigenvalue weighted by molar-refractivity contribution is -0.127. The largest absolute Gasteiger partial charge is 0.454 e. The fourth-order valence-electron chi connectivity index (χ4n) is 4.65. The Balaban J connectivity index is 1.35. The van der Waals surface area contributed by atoms with Gasteiger partial charge < -0.3 is 18.9 Å². The highest BCUT2D eigenvalue weighted by molar-refractivity contribution is 7.99. The van der Waals surface area contributed by atoms with Crippen LogP contribution < -0.4 is 9.47 Å². The molecule has 1 amide bonds. The molecule has 0 spiro atoms. The van der Waals surface area contributed by atoms with Gasteiger partial charge in [-0.15, -0.1) is 10.2 Å². The number of amides is 1. The average molecular weight is 429 g/mol. The van der Waals surface area contributed by atoms with E-state index < -0.39 is 0 Å². The van der Waals surface area contributed by atoms with E-state index in [2.05, 4.69) is 20.8 Å². The Labute approximate surface area is 181 Å². The predicted octanol–water partition coefficient (Wildman–Crippen LogP) is 3.82. The van der Waals surface area contributed by atoms with Crippen molar-refractivity contribution >= 4 is 17.7 Å². The van der Waals surface area contributed by atoms with E-state index >= 15 is 0 Å². The van der Waals surface area contributed by atoms with Gasteiger partial charge in [0.05, 0.1) is 5.75 Å². The number of carbonyl (C=O) groups excluding carboxylic acids is 1. The third-order valence-corrected chi connectivity index (χ3v) is 7.19. The summed E-state index contributed by atoms with van der Waals surface area (Å²) in [6.07, 6.45) is 9.02. The van der Waals surface area contributed by atoms with Gasteiger partial charge in [-0.25, -0.2) is 0 Å². The van der Waals surface area contributed by atoms with Crippen LogP contribution in [0.3, 0.4) is 0 Å². The van der Waals surface area contributed by atoms with Crippen molar-refractivity contribution in [3.05, 3.63) is 29.6 Å². The van der Waals surface area contributed by atoms with Crippen LogP contribution >= 0.6 is 11.8 Å². The summed E-state index contributed by atoms with van der Waals surface area (Å²) in [5, 5.41) is 9.94. The first-order valence-corrected chi connectivity index (χ1v) is 12.0. The molecule has 1 aromatic heterocycles. The number of carbonyl (C=O) groups is 1. The zero-order chi connectivity index (χ0) is 20.3. The van der Waals surface area contributed by atoms with E-state index in [1.165, 1.54) is 19.3 Å². The number of thioether (sulfide) groups is 1. The Bertz CT molecular complexity index is 904. The standard InChI is InChI=1S/C22H28N4O3S/c27-21(25-10-4-5-11-25)14-30-22-24-23-20(26(22)17-6-2-1-3-7-17)13-16-8-9-18-19(12-16)29-15-28-18/h8-9,12,17H,1-7,10-11,13-15H2. The summed E-state index contributed by atoms with van der Waals surface area (Å²) in [5.41, 5.74) is 1.13. The molecule has 0 bridgehead atoms. The van der Waals surface area contributed by atoms with Gasteiger partial charge in [-0.05, 0) is 43.4 Å². The molecule has 1 saturated carbocycles. The van der Waals surface area contributed by atoms with Crippen molar-refractivity contribution in [2.24, 2.45) is 0 Å². The van der Waals surface area contributed by atoms with Crippen LogP contribution in [0.15, 0.2) is 23.4 Å². The molecule has 5 rings (SSSR count). The maximum atomic E-state index is 12.5. The highest BCUT2D eigenvalue weighted by Crippen LogP contribution is 2.35. The van der Waals surface area contributed by atoms with Crippen molar-refractivity contribution in [3.63, 3.8) is 0 Å². The Morgan fingerprint density at radius 1 is 1.03 bits per heavy atom. The van der Waals surface area contributed by atoms with Crippen LogP contribution in [0.5, 0.6) is 11.5 Å². The van der Waals surface area contributed by atoms with Gasteiger partial charge in [0.1, 0.15) is 5.82 Å². The van der Waals surface area contributed by atoms with E-state index in [1.54, 1.807) is 11.8 Å². The van der Waals surface area contributed by atoms with E-state index in [9.17, 15) is 4.79 Å². The summed E-state index contributed by atoms with van der Waals surface area (Å²) in [6, 6.07) is 6.48. The van der Waals surface area contributed by atoms with Crippen molar-refractivity contribution < 1.29 is 14.3 Å². The number of hydrogen-bond donors (Lipinski definition) is 0. The molecular formula is C22H28N4O3S. The molecule has 1 aliphatic carbocycles. The predicted molar refractivity (Wildman–Crippen MR) is 114 cm³/mol. The molecule has 160 valence electrons. The number of likely N-dealkylation sites (tertiary alicyclic amines) is 1. The smallest absolute Gasteiger partial charge is 0.233 e. The first kappa shape index (κ1) is 19.7. The maximum absolute atomic E-state index is 12.5. The minimum absolute atomic E-state index is 0.216. The number of ether oxygens (including phenoxy) is 2. The molecule has 2 aromatic rings. The molecule has 1 saturated heterocycles. The van der Waals surface area contributed by atoms with Gasteiger partial charge in [0, 0.05) is 25.6 Å². The number of aromatic nitrogens is 3. The van der Waals surface area contributed by atoms with Crippen LogP contribution in [0.1, 0.15) is 62.4 Å². The third kappa shape index (κ3) is 4.15. The second kappa shape index (κ2) is 8.88. The summed E-state index contributed by atoms with van der Waals surface area (Å²) >= 11 is 1.54. The van der Waals surface area contributed by atoms with Gasteiger partial charge >= 0.3 is 0 Å². The summed E-state index contributed by atoms with van der Waals surface area (Å²) in [7, 11) is 0. The summed E-state index contributed by atoms with van der Waals surface area (Å²) in [5.74, 6) is 3.21. The van der Waals surface area contributed by atoms with Crippen LogP contribution in [0, 0.1) is 0 Å². The van der Waals surface area contributed by atoms with Gasteiger partial charge in [0.25, 0.3) is 0 Å². The topological polar surface area (TPSA) is 69.5 Å². The quantitative estimate of drug-likeness (QED) is 0.652. The lowest BCUT2D eigenvalue weighted by Crippen LogP contribution is -2.29. The zero-order valence-electron chi connectivity index (χ0n) is 17.2. The molecule has 7 nitrogen and oxygen atoms in total. The first-order chi connectivity index (χ1) is 14.8. The number of rotatable bonds is 6. The van der Waals surface area contributed by atoms with E-state index in [0.29, 0.717) is 18.2 Å². The van der Waals surface area contributed by atoms with Gasteiger partial charge in [0.2, 0.25) is 12.7 Å². The fourth-order valence-corrected chi connectivity index (χ4v) is 5.58. The van der Waals surface area contributed by atoms with Crippen LogP contribution in [-0.2, 0) is 11.2 Å². The van der Waals surface area contributed by atoms with E-state index in [4.69, 9.17) is 9.47 Å². The summed E-state index contributed by atoms with van der Waals surface area (Å²) in [4.78, 5) is 14.5. The summed E-state index contributed by atoms with van der Waals surface area (Å²) in [6.45, 7) is 2.07. The van der Waals surface area contributed by atoms with E-state index in [1.807, 2.05) is 17.0 Å². The zero-order valence-corrected chi connectivity index (χ0v) is 18.0. The molecule has 1 aromatic carbocycles. The molecule has 2 fully saturated rings. The molecule has 2 aliphatic heterocycles. The van der Waals surface area contributed by atoms with Crippen LogP contribution in [0.2, 0.25) is 0 Å². The average Bonchev–Trinajstić information content (AvgIpc) is 3.53. The Kier molecular flexibility index (Phi) is 5.84. The number of benzene rings is 1. The Morgan fingerprint density at radius 3 is 2.67 bits per heavy atom.